The second kappa shape index (κ2) is 13.0. The summed E-state index contributed by atoms with van der Waals surface area (Å²) in [7, 11) is 0. The number of fused-ring (bicyclic) bond motifs is 7. The number of para-hydroxylation sites is 3. The lowest BCUT2D eigenvalue weighted by Gasteiger charge is -2.30. The molecular weight excluding hydrogens is 691 g/mol. The van der Waals surface area contributed by atoms with Crippen LogP contribution in [0.2, 0.25) is 0 Å². The summed E-state index contributed by atoms with van der Waals surface area (Å²) in [6.45, 7) is 4.71. The maximum atomic E-state index is 6.16. The minimum absolute atomic E-state index is 0.0964. The van der Waals surface area contributed by atoms with Gasteiger partial charge in [-0.2, -0.15) is 0 Å². The summed E-state index contributed by atoms with van der Waals surface area (Å²) < 4.78 is 6.16. The molecule has 0 saturated heterocycles. The Kier molecular flexibility index (Phi) is 7.55. The number of furan rings is 1. The van der Waals surface area contributed by atoms with Crippen LogP contribution in [-0.4, -0.2) is 0 Å². The van der Waals surface area contributed by atoms with Crippen LogP contribution in [0.3, 0.4) is 0 Å². The molecule has 10 aromatic rings. The maximum absolute atomic E-state index is 6.16. The SMILES string of the molecule is CC1(C)c2ccccc2-c2c(-c3ccccc3N(c3ccc(-c4ccc5oc6ccccc6c5c4)cc3)c3ccccc3-c3ccc4ccccc4c3)cccc21. The Labute approximate surface area is 332 Å². The summed E-state index contributed by atoms with van der Waals surface area (Å²) in [4.78, 5) is 2.46. The third kappa shape index (κ3) is 5.33. The van der Waals surface area contributed by atoms with Crippen molar-refractivity contribution in [1.82, 2.24) is 0 Å². The highest BCUT2D eigenvalue weighted by molar-refractivity contribution is 6.06. The van der Waals surface area contributed by atoms with Gasteiger partial charge in [0.1, 0.15) is 11.2 Å². The zero-order chi connectivity index (χ0) is 38.1. The zero-order valence-electron chi connectivity index (χ0n) is 31.9. The van der Waals surface area contributed by atoms with Crippen molar-refractivity contribution in [2.24, 2.45) is 0 Å². The monoisotopic (exact) mass is 729 g/mol. The average molecular weight is 730 g/mol. The van der Waals surface area contributed by atoms with Crippen LogP contribution in [0.25, 0.3) is 77.2 Å². The minimum Gasteiger partial charge on any atom is -0.456 e. The van der Waals surface area contributed by atoms with E-state index < -0.39 is 0 Å². The highest BCUT2D eigenvalue weighted by Gasteiger charge is 2.37. The largest absolute Gasteiger partial charge is 0.456 e. The maximum Gasteiger partial charge on any atom is 0.135 e. The summed E-state index contributed by atoms with van der Waals surface area (Å²) in [6, 6.07) is 72.8. The lowest BCUT2D eigenvalue weighted by molar-refractivity contribution is 0.660. The Balaban J connectivity index is 1.11. The van der Waals surface area contributed by atoms with Gasteiger partial charge in [0.25, 0.3) is 0 Å². The van der Waals surface area contributed by atoms with E-state index in [0.29, 0.717) is 0 Å². The van der Waals surface area contributed by atoms with Gasteiger partial charge in [-0.15, -0.1) is 0 Å². The molecule has 0 radical (unpaired) electrons. The highest BCUT2D eigenvalue weighted by atomic mass is 16.3. The predicted molar refractivity (Wildman–Crippen MR) is 240 cm³/mol. The summed E-state index contributed by atoms with van der Waals surface area (Å²) in [5.74, 6) is 0. The molecule has 2 nitrogen and oxygen atoms in total. The molecule has 0 aliphatic heterocycles. The van der Waals surface area contributed by atoms with Crippen molar-refractivity contribution in [3.05, 3.63) is 211 Å². The third-order valence-corrected chi connectivity index (χ3v) is 12.1. The molecule has 1 aliphatic carbocycles. The molecule has 0 spiro atoms. The van der Waals surface area contributed by atoms with Crippen molar-refractivity contribution in [2.75, 3.05) is 4.90 Å². The number of hydrogen-bond acceptors (Lipinski definition) is 2. The van der Waals surface area contributed by atoms with E-state index in [1.807, 2.05) is 12.1 Å². The van der Waals surface area contributed by atoms with Crippen LogP contribution >= 0.6 is 0 Å². The number of nitrogens with zero attached hydrogens (tertiary/aromatic N) is 1. The van der Waals surface area contributed by atoms with E-state index in [2.05, 4.69) is 207 Å². The molecule has 0 amide bonds. The van der Waals surface area contributed by atoms with Crippen LogP contribution in [0.5, 0.6) is 0 Å². The second-order valence-corrected chi connectivity index (χ2v) is 15.7. The second-order valence-electron chi connectivity index (χ2n) is 15.7. The molecule has 0 atom stereocenters. The average Bonchev–Trinajstić information content (AvgIpc) is 3.76. The summed E-state index contributed by atoms with van der Waals surface area (Å²) in [5.41, 5.74) is 17.5. The highest BCUT2D eigenvalue weighted by Crippen LogP contribution is 2.54. The van der Waals surface area contributed by atoms with Gasteiger partial charge in [-0.3, -0.25) is 0 Å². The number of anilines is 3. The quantitative estimate of drug-likeness (QED) is 0.169. The Hall–Kier alpha value is -7.16. The van der Waals surface area contributed by atoms with Crippen LogP contribution in [0.4, 0.5) is 17.1 Å². The summed E-state index contributed by atoms with van der Waals surface area (Å²) >= 11 is 0. The zero-order valence-corrected chi connectivity index (χ0v) is 31.9. The van der Waals surface area contributed by atoms with Gasteiger partial charge < -0.3 is 9.32 Å². The molecule has 9 aromatic carbocycles. The van der Waals surface area contributed by atoms with Crippen molar-refractivity contribution < 1.29 is 4.42 Å². The number of rotatable bonds is 6. The van der Waals surface area contributed by atoms with Crippen molar-refractivity contribution >= 4 is 49.8 Å². The van der Waals surface area contributed by atoms with Gasteiger partial charge in [0.2, 0.25) is 0 Å². The molecule has 0 bridgehead atoms. The molecule has 11 rings (SSSR count). The van der Waals surface area contributed by atoms with Crippen molar-refractivity contribution in [3.8, 4) is 44.5 Å². The molecule has 1 aliphatic rings. The van der Waals surface area contributed by atoms with Crippen LogP contribution in [0, 0.1) is 0 Å². The van der Waals surface area contributed by atoms with Gasteiger partial charge in [0.15, 0.2) is 0 Å². The van der Waals surface area contributed by atoms with Crippen LogP contribution < -0.4 is 4.90 Å². The van der Waals surface area contributed by atoms with Gasteiger partial charge in [0.05, 0.1) is 11.4 Å². The lowest BCUT2D eigenvalue weighted by atomic mass is 9.82. The predicted octanol–water partition coefficient (Wildman–Crippen LogP) is 15.5. The summed E-state index contributed by atoms with van der Waals surface area (Å²) in [5, 5.41) is 4.73. The van der Waals surface area contributed by atoms with E-state index in [-0.39, 0.29) is 5.41 Å². The normalized spacial score (nSPS) is 12.9. The van der Waals surface area contributed by atoms with Crippen molar-refractivity contribution in [2.45, 2.75) is 19.3 Å². The van der Waals surface area contributed by atoms with Gasteiger partial charge in [-0.05, 0) is 104 Å². The van der Waals surface area contributed by atoms with Crippen molar-refractivity contribution in [3.63, 3.8) is 0 Å². The third-order valence-electron chi connectivity index (χ3n) is 12.1. The Bertz CT molecular complexity index is 3170. The number of hydrogen-bond donors (Lipinski definition) is 0. The van der Waals surface area contributed by atoms with E-state index in [0.717, 1.165) is 50.1 Å². The van der Waals surface area contributed by atoms with E-state index in [1.54, 1.807) is 0 Å². The topological polar surface area (TPSA) is 16.4 Å². The van der Waals surface area contributed by atoms with E-state index in [1.165, 1.54) is 55.3 Å². The molecule has 0 N–H and O–H groups in total. The molecule has 1 aromatic heterocycles. The lowest BCUT2D eigenvalue weighted by Crippen LogP contribution is -2.15. The first-order valence-electron chi connectivity index (χ1n) is 19.8. The van der Waals surface area contributed by atoms with Crippen molar-refractivity contribution in [1.29, 1.82) is 0 Å². The van der Waals surface area contributed by atoms with Crippen LogP contribution in [0.15, 0.2) is 205 Å². The molecular formula is C55H39NO. The van der Waals surface area contributed by atoms with E-state index in [4.69, 9.17) is 4.42 Å². The molecule has 2 heteroatoms. The first-order valence-corrected chi connectivity index (χ1v) is 19.8. The number of benzene rings is 9. The Morgan fingerprint density at radius 3 is 1.82 bits per heavy atom. The Morgan fingerprint density at radius 1 is 0.386 bits per heavy atom. The standard InChI is InChI=1S/C55H39NO/c1-55(2)48-21-9-5-19-46(48)54-45(20-13-22-49(54)55)43-17-7-11-24-51(43)56(50-23-10-6-16-42(50)40-27-26-36-14-3-4-15-38(36)34-40)41-31-28-37(29-32-41)39-30-33-53-47(35-39)44-18-8-12-25-52(44)57-53/h3-35H,1-2H3. The van der Waals surface area contributed by atoms with Gasteiger partial charge >= 0.3 is 0 Å². The fourth-order valence-electron chi connectivity index (χ4n) is 9.26. The fourth-order valence-corrected chi connectivity index (χ4v) is 9.26. The first-order chi connectivity index (χ1) is 28.0. The van der Waals surface area contributed by atoms with Gasteiger partial charge in [0, 0.05) is 33.0 Å². The molecule has 57 heavy (non-hydrogen) atoms. The smallest absolute Gasteiger partial charge is 0.135 e. The van der Waals surface area contributed by atoms with E-state index >= 15 is 0 Å². The van der Waals surface area contributed by atoms with Gasteiger partial charge in [-0.25, -0.2) is 0 Å². The van der Waals surface area contributed by atoms with Crippen LogP contribution in [-0.2, 0) is 5.41 Å². The Morgan fingerprint density at radius 2 is 0.982 bits per heavy atom. The van der Waals surface area contributed by atoms with E-state index in [9.17, 15) is 0 Å². The molecule has 270 valence electrons. The summed E-state index contributed by atoms with van der Waals surface area (Å²) in [6.07, 6.45) is 0. The van der Waals surface area contributed by atoms with Gasteiger partial charge in [-0.1, -0.05) is 166 Å². The van der Waals surface area contributed by atoms with Crippen LogP contribution in [0.1, 0.15) is 25.0 Å². The molecule has 0 saturated carbocycles. The minimum atomic E-state index is -0.0964. The molecule has 0 fully saturated rings. The fraction of sp³-hybridized carbons (Fsp3) is 0.0545. The first kappa shape index (κ1) is 33.2. The molecule has 1 heterocycles. The molecule has 0 unspecified atom stereocenters.